The number of ether oxygens (including phenoxy) is 1. The highest BCUT2D eigenvalue weighted by Gasteiger charge is 2.46. The molecule has 2 atom stereocenters. The van der Waals surface area contributed by atoms with Gasteiger partial charge >= 0.3 is 12.1 Å². The molecule has 4 nitrogen and oxygen atoms in total. The van der Waals surface area contributed by atoms with Gasteiger partial charge in [-0.15, -0.1) is 0 Å². The Bertz CT molecular complexity index is 1610. The van der Waals surface area contributed by atoms with Gasteiger partial charge in [0, 0.05) is 17.0 Å². The summed E-state index contributed by atoms with van der Waals surface area (Å²) in [6.07, 6.45) is -9.58. The highest BCUT2D eigenvalue weighted by molar-refractivity contribution is 7.74. The van der Waals surface area contributed by atoms with E-state index in [4.69, 9.17) is 9.26 Å². The average molecular weight is 575 g/mol. The van der Waals surface area contributed by atoms with E-state index in [1.807, 2.05) is 24.3 Å². The quantitative estimate of drug-likeness (QED) is 0.132. The number of esters is 1. The van der Waals surface area contributed by atoms with Gasteiger partial charge in [-0.3, -0.25) is 4.57 Å². The van der Waals surface area contributed by atoms with Gasteiger partial charge in [0.1, 0.15) is 0 Å². The Morgan fingerprint density at radius 2 is 1.20 bits per heavy atom. The second-order valence-electron chi connectivity index (χ2n) is 9.46. The van der Waals surface area contributed by atoms with Crippen molar-refractivity contribution in [2.24, 2.45) is 0 Å². The number of halogens is 3. The lowest BCUT2D eigenvalue weighted by atomic mass is 9.99. The summed E-state index contributed by atoms with van der Waals surface area (Å²) in [6, 6.07) is 36.8. The van der Waals surface area contributed by atoms with Crippen LogP contribution in [0.3, 0.4) is 0 Å². The fourth-order valence-corrected chi connectivity index (χ4v) is 6.80. The smallest absolute Gasteiger partial charge is 0.425 e. The molecule has 0 radical (unpaired) electrons. The first-order chi connectivity index (χ1) is 19.7. The molecule has 208 valence electrons. The van der Waals surface area contributed by atoms with Gasteiger partial charge in [-0.05, 0) is 58.8 Å². The van der Waals surface area contributed by atoms with Gasteiger partial charge in [-0.2, -0.15) is 13.2 Å². The lowest BCUT2D eigenvalue weighted by Crippen LogP contribution is -2.36. The molecule has 0 aliphatic rings. The number of benzene rings is 5. The third kappa shape index (κ3) is 6.59. The van der Waals surface area contributed by atoms with Crippen molar-refractivity contribution in [3.8, 4) is 0 Å². The Balaban J connectivity index is 1.59. The summed E-state index contributed by atoms with van der Waals surface area (Å²) in [5.41, 5.74) is 0.366. The molecule has 0 saturated heterocycles. The summed E-state index contributed by atoms with van der Waals surface area (Å²) in [7, 11) is -3.91. The van der Waals surface area contributed by atoms with Gasteiger partial charge in [-0.1, -0.05) is 91.0 Å². The highest BCUT2D eigenvalue weighted by Crippen LogP contribution is 2.51. The van der Waals surface area contributed by atoms with Crippen LogP contribution in [0.15, 0.2) is 133 Å². The topological polar surface area (TPSA) is 52.6 Å². The van der Waals surface area contributed by atoms with E-state index < -0.39 is 38.1 Å². The Hall–Kier alpha value is -4.19. The molecule has 0 amide bonds. The van der Waals surface area contributed by atoms with Crippen LogP contribution >= 0.6 is 7.37 Å². The van der Waals surface area contributed by atoms with E-state index in [2.05, 4.69) is 0 Å². The maximum absolute atomic E-state index is 14.7. The van der Waals surface area contributed by atoms with Crippen molar-refractivity contribution in [3.63, 3.8) is 0 Å². The van der Waals surface area contributed by atoms with Crippen LogP contribution in [0.2, 0.25) is 0 Å². The Kier molecular flexibility index (Phi) is 8.39. The standard InChI is InChI=1S/C33H26F3O4P/c34-33(35,36)31(39-32(37)25-13-4-1-5-14-25)23-30(27-21-20-24-12-10-11-15-26(24)22-27)40-41(38,28-16-6-2-7-17-28)29-18-8-3-9-19-29/h1-22,30-31H,23H2. The fourth-order valence-electron chi connectivity index (χ4n) is 4.56. The van der Waals surface area contributed by atoms with Crippen LogP contribution in [0, 0.1) is 0 Å². The van der Waals surface area contributed by atoms with E-state index in [-0.39, 0.29) is 5.56 Å². The molecule has 5 rings (SSSR count). The van der Waals surface area contributed by atoms with Crippen molar-refractivity contribution >= 4 is 34.7 Å². The minimum absolute atomic E-state index is 0.0100. The maximum atomic E-state index is 14.7. The van der Waals surface area contributed by atoms with E-state index in [0.717, 1.165) is 10.8 Å². The Morgan fingerprint density at radius 1 is 0.683 bits per heavy atom. The van der Waals surface area contributed by atoms with Gasteiger partial charge in [0.25, 0.3) is 7.37 Å². The number of alkyl halides is 3. The lowest BCUT2D eigenvalue weighted by molar-refractivity contribution is -0.210. The monoisotopic (exact) mass is 574 g/mol. The zero-order valence-corrected chi connectivity index (χ0v) is 22.7. The van der Waals surface area contributed by atoms with Crippen molar-refractivity contribution in [2.75, 3.05) is 0 Å². The molecule has 0 aliphatic carbocycles. The Morgan fingerprint density at radius 3 is 1.76 bits per heavy atom. The summed E-state index contributed by atoms with van der Waals surface area (Å²) >= 11 is 0. The molecule has 0 saturated carbocycles. The molecular weight excluding hydrogens is 548 g/mol. The van der Waals surface area contributed by atoms with E-state index in [0.29, 0.717) is 16.2 Å². The molecule has 5 aromatic rings. The second-order valence-corrected chi connectivity index (χ2v) is 11.8. The lowest BCUT2D eigenvalue weighted by Gasteiger charge is -2.30. The number of rotatable bonds is 9. The molecule has 8 heteroatoms. The predicted octanol–water partition coefficient (Wildman–Crippen LogP) is 8.00. The third-order valence-electron chi connectivity index (χ3n) is 6.67. The molecule has 2 unspecified atom stereocenters. The third-order valence-corrected chi connectivity index (χ3v) is 9.17. The average Bonchev–Trinajstić information content (AvgIpc) is 3.00. The molecule has 0 bridgehead atoms. The summed E-state index contributed by atoms with van der Waals surface area (Å²) < 4.78 is 69.3. The molecule has 0 heterocycles. The van der Waals surface area contributed by atoms with E-state index in [1.54, 1.807) is 84.9 Å². The zero-order valence-electron chi connectivity index (χ0n) is 21.8. The summed E-state index contributed by atoms with van der Waals surface area (Å²) in [4.78, 5) is 12.7. The SMILES string of the molecule is O=C(OC(CC(OP(=O)(c1ccccc1)c1ccccc1)c1ccc2ccccc2c1)C(F)(F)F)c1ccccc1. The maximum Gasteiger partial charge on any atom is 0.425 e. The van der Waals surface area contributed by atoms with E-state index in [9.17, 15) is 22.5 Å². The summed E-state index contributed by atoms with van der Waals surface area (Å²) in [5.74, 6) is -1.11. The van der Waals surface area contributed by atoms with E-state index in [1.165, 1.54) is 24.3 Å². The Labute approximate surface area is 235 Å². The molecule has 0 spiro atoms. The van der Waals surface area contributed by atoms with Crippen molar-refractivity contribution < 1.29 is 31.8 Å². The van der Waals surface area contributed by atoms with Crippen LogP contribution in [0.1, 0.15) is 28.4 Å². The minimum Gasteiger partial charge on any atom is -0.449 e. The normalized spacial score (nSPS) is 13.4. The van der Waals surface area contributed by atoms with Crippen LogP contribution in [0.25, 0.3) is 10.8 Å². The number of carbonyl (C=O) groups excluding carboxylic acids is 1. The predicted molar refractivity (Wildman–Crippen MR) is 154 cm³/mol. The largest absolute Gasteiger partial charge is 0.449 e. The first-order valence-electron chi connectivity index (χ1n) is 13.0. The van der Waals surface area contributed by atoms with Crippen molar-refractivity contribution in [2.45, 2.75) is 24.8 Å². The number of fused-ring (bicyclic) bond motifs is 1. The first kappa shape index (κ1) is 28.3. The van der Waals surface area contributed by atoms with Gasteiger partial charge in [0.05, 0.1) is 11.7 Å². The minimum atomic E-state index is -4.91. The highest BCUT2D eigenvalue weighted by atomic mass is 31.2. The van der Waals surface area contributed by atoms with Gasteiger partial charge in [0.2, 0.25) is 0 Å². The van der Waals surface area contributed by atoms with Crippen LogP contribution in [0.4, 0.5) is 13.2 Å². The van der Waals surface area contributed by atoms with E-state index >= 15 is 0 Å². The first-order valence-corrected chi connectivity index (χ1v) is 14.6. The molecule has 0 aromatic heterocycles. The van der Waals surface area contributed by atoms with Crippen LogP contribution in [-0.2, 0) is 13.8 Å². The summed E-state index contributed by atoms with van der Waals surface area (Å²) in [5, 5.41) is 2.33. The molecule has 0 N–H and O–H groups in total. The zero-order chi connectivity index (χ0) is 28.9. The van der Waals surface area contributed by atoms with Crippen molar-refractivity contribution in [1.29, 1.82) is 0 Å². The molecule has 0 aliphatic heterocycles. The van der Waals surface area contributed by atoms with Gasteiger partial charge in [0.15, 0.2) is 6.10 Å². The molecule has 5 aromatic carbocycles. The second kappa shape index (κ2) is 12.1. The number of hydrogen-bond donors (Lipinski definition) is 0. The van der Waals surface area contributed by atoms with Crippen LogP contribution in [-0.4, -0.2) is 18.2 Å². The number of hydrogen-bond acceptors (Lipinski definition) is 4. The van der Waals surface area contributed by atoms with Crippen LogP contribution in [0.5, 0.6) is 0 Å². The molecular formula is C33H26F3O4P. The molecule has 41 heavy (non-hydrogen) atoms. The fraction of sp³-hybridized carbons (Fsp3) is 0.121. The van der Waals surface area contributed by atoms with Gasteiger partial charge in [-0.25, -0.2) is 4.79 Å². The number of carbonyl (C=O) groups is 1. The summed E-state index contributed by atoms with van der Waals surface area (Å²) in [6.45, 7) is 0. The van der Waals surface area contributed by atoms with Crippen molar-refractivity contribution in [1.82, 2.24) is 0 Å². The van der Waals surface area contributed by atoms with Crippen molar-refractivity contribution in [3.05, 3.63) is 145 Å². The van der Waals surface area contributed by atoms with Gasteiger partial charge < -0.3 is 9.26 Å². The van der Waals surface area contributed by atoms with Crippen LogP contribution < -0.4 is 10.6 Å². The molecule has 0 fully saturated rings.